The molecule has 19 heavy (non-hydrogen) atoms. The SMILES string of the molecule is CCn1cc(C(C)Nc2ccc(F)cc2C#N)cn1. The van der Waals surface area contributed by atoms with Crippen LogP contribution in [0.15, 0.2) is 30.6 Å². The lowest BCUT2D eigenvalue weighted by Gasteiger charge is -2.14. The molecule has 0 saturated heterocycles. The first-order valence-electron chi connectivity index (χ1n) is 6.12. The number of nitrogens with one attached hydrogen (secondary N) is 1. The van der Waals surface area contributed by atoms with Crippen LogP contribution in [0.1, 0.15) is 31.0 Å². The average molecular weight is 258 g/mol. The summed E-state index contributed by atoms with van der Waals surface area (Å²) in [6.07, 6.45) is 3.74. The van der Waals surface area contributed by atoms with Gasteiger partial charge in [0, 0.05) is 18.3 Å². The predicted octanol–water partition coefficient (Wildman–Crippen LogP) is 3.09. The summed E-state index contributed by atoms with van der Waals surface area (Å²) in [5, 5.41) is 16.4. The largest absolute Gasteiger partial charge is 0.377 e. The molecule has 4 nitrogen and oxygen atoms in total. The van der Waals surface area contributed by atoms with Crippen molar-refractivity contribution in [2.75, 3.05) is 5.32 Å². The number of halogens is 1. The van der Waals surface area contributed by atoms with Gasteiger partial charge in [0.25, 0.3) is 0 Å². The zero-order chi connectivity index (χ0) is 13.8. The van der Waals surface area contributed by atoms with Gasteiger partial charge in [-0.15, -0.1) is 0 Å². The van der Waals surface area contributed by atoms with E-state index in [0.717, 1.165) is 12.1 Å². The molecule has 0 spiro atoms. The Morgan fingerprint density at radius 1 is 1.53 bits per heavy atom. The first-order valence-corrected chi connectivity index (χ1v) is 6.12. The van der Waals surface area contributed by atoms with Crippen molar-refractivity contribution in [1.82, 2.24) is 9.78 Å². The zero-order valence-electron chi connectivity index (χ0n) is 10.9. The van der Waals surface area contributed by atoms with Gasteiger partial charge in [-0.1, -0.05) is 0 Å². The number of nitriles is 1. The molecule has 0 amide bonds. The molecule has 0 aliphatic heterocycles. The third-order valence-corrected chi connectivity index (χ3v) is 2.95. The van der Waals surface area contributed by atoms with Crippen molar-refractivity contribution in [3.8, 4) is 6.07 Å². The normalized spacial score (nSPS) is 11.9. The summed E-state index contributed by atoms with van der Waals surface area (Å²) in [6, 6.07) is 6.13. The molecular formula is C14H15FN4. The van der Waals surface area contributed by atoms with Crippen LogP contribution in [-0.2, 0) is 6.54 Å². The molecule has 0 aliphatic carbocycles. The molecule has 1 aromatic heterocycles. The van der Waals surface area contributed by atoms with Crippen LogP contribution < -0.4 is 5.32 Å². The van der Waals surface area contributed by atoms with E-state index in [4.69, 9.17) is 5.26 Å². The lowest BCUT2D eigenvalue weighted by molar-refractivity contribution is 0.627. The topological polar surface area (TPSA) is 53.6 Å². The third-order valence-electron chi connectivity index (χ3n) is 2.95. The molecule has 98 valence electrons. The fourth-order valence-corrected chi connectivity index (χ4v) is 1.83. The highest BCUT2D eigenvalue weighted by molar-refractivity contribution is 5.58. The maximum atomic E-state index is 13.1. The van der Waals surface area contributed by atoms with E-state index in [9.17, 15) is 4.39 Å². The Balaban J connectivity index is 2.19. The van der Waals surface area contributed by atoms with Crippen molar-refractivity contribution in [1.29, 1.82) is 5.26 Å². The minimum absolute atomic E-state index is 0.00198. The molecular weight excluding hydrogens is 243 g/mol. The van der Waals surface area contributed by atoms with E-state index in [-0.39, 0.29) is 6.04 Å². The van der Waals surface area contributed by atoms with Crippen LogP contribution in [0.5, 0.6) is 0 Å². The van der Waals surface area contributed by atoms with Crippen LogP contribution in [-0.4, -0.2) is 9.78 Å². The summed E-state index contributed by atoms with van der Waals surface area (Å²) >= 11 is 0. The molecule has 1 N–H and O–H groups in total. The minimum Gasteiger partial charge on any atom is -0.377 e. The predicted molar refractivity (Wildman–Crippen MR) is 71.1 cm³/mol. The number of aromatic nitrogens is 2. The zero-order valence-corrected chi connectivity index (χ0v) is 10.9. The summed E-state index contributed by atoms with van der Waals surface area (Å²) in [5.41, 5.74) is 1.95. The van der Waals surface area contributed by atoms with Gasteiger partial charge in [-0.05, 0) is 32.0 Å². The van der Waals surface area contributed by atoms with Gasteiger partial charge >= 0.3 is 0 Å². The summed E-state index contributed by atoms with van der Waals surface area (Å²) in [7, 11) is 0. The number of hydrogen-bond donors (Lipinski definition) is 1. The molecule has 0 aliphatic rings. The van der Waals surface area contributed by atoms with Crippen molar-refractivity contribution in [3.63, 3.8) is 0 Å². The minimum atomic E-state index is -0.409. The van der Waals surface area contributed by atoms with Crippen molar-refractivity contribution in [3.05, 3.63) is 47.5 Å². The quantitative estimate of drug-likeness (QED) is 0.916. The van der Waals surface area contributed by atoms with E-state index in [0.29, 0.717) is 11.3 Å². The molecule has 1 aromatic carbocycles. The van der Waals surface area contributed by atoms with Gasteiger partial charge in [0.05, 0.1) is 23.5 Å². The Kier molecular flexibility index (Phi) is 3.81. The molecule has 2 rings (SSSR count). The second kappa shape index (κ2) is 5.53. The first-order chi connectivity index (χ1) is 9.13. The van der Waals surface area contributed by atoms with Crippen LogP contribution in [0, 0.1) is 17.1 Å². The van der Waals surface area contributed by atoms with Crippen molar-refractivity contribution < 1.29 is 4.39 Å². The molecule has 0 bridgehead atoms. The number of nitrogens with zero attached hydrogens (tertiary/aromatic N) is 3. The van der Waals surface area contributed by atoms with Gasteiger partial charge in [-0.25, -0.2) is 4.39 Å². The van der Waals surface area contributed by atoms with Gasteiger partial charge in [0.2, 0.25) is 0 Å². The first kappa shape index (κ1) is 13.1. The number of anilines is 1. The molecule has 1 unspecified atom stereocenters. The number of aryl methyl sites for hydroxylation is 1. The lowest BCUT2D eigenvalue weighted by Crippen LogP contribution is -2.07. The Morgan fingerprint density at radius 2 is 2.32 bits per heavy atom. The molecule has 5 heteroatoms. The van der Waals surface area contributed by atoms with E-state index in [1.165, 1.54) is 12.1 Å². The van der Waals surface area contributed by atoms with Crippen LogP contribution in [0.3, 0.4) is 0 Å². The Labute approximate surface area is 111 Å². The van der Waals surface area contributed by atoms with Gasteiger partial charge in [0.15, 0.2) is 0 Å². The average Bonchev–Trinajstić information content (AvgIpc) is 2.89. The summed E-state index contributed by atoms with van der Waals surface area (Å²) in [4.78, 5) is 0. The standard InChI is InChI=1S/C14H15FN4/c1-3-19-9-12(8-17-19)10(2)18-14-5-4-13(15)6-11(14)7-16/h4-6,8-10,18H,3H2,1-2H3. The van der Waals surface area contributed by atoms with E-state index in [1.807, 2.05) is 30.8 Å². The van der Waals surface area contributed by atoms with E-state index < -0.39 is 5.82 Å². The smallest absolute Gasteiger partial charge is 0.124 e. The molecule has 0 radical (unpaired) electrons. The van der Waals surface area contributed by atoms with Gasteiger partial charge in [0.1, 0.15) is 11.9 Å². The van der Waals surface area contributed by atoms with Crippen molar-refractivity contribution in [2.45, 2.75) is 26.4 Å². The fourth-order valence-electron chi connectivity index (χ4n) is 1.83. The van der Waals surface area contributed by atoms with E-state index in [2.05, 4.69) is 10.4 Å². The monoisotopic (exact) mass is 258 g/mol. The lowest BCUT2D eigenvalue weighted by atomic mass is 10.1. The van der Waals surface area contributed by atoms with Gasteiger partial charge in [-0.3, -0.25) is 4.68 Å². The Morgan fingerprint density at radius 3 is 2.95 bits per heavy atom. The molecule has 2 aromatic rings. The van der Waals surface area contributed by atoms with Crippen molar-refractivity contribution in [2.24, 2.45) is 0 Å². The highest BCUT2D eigenvalue weighted by Crippen LogP contribution is 2.22. The van der Waals surface area contributed by atoms with Crippen LogP contribution in [0.2, 0.25) is 0 Å². The molecule has 0 fully saturated rings. The second-order valence-corrected chi connectivity index (χ2v) is 4.30. The van der Waals surface area contributed by atoms with E-state index >= 15 is 0 Å². The Bertz CT molecular complexity index is 612. The van der Waals surface area contributed by atoms with Crippen LogP contribution in [0.25, 0.3) is 0 Å². The maximum absolute atomic E-state index is 13.1. The van der Waals surface area contributed by atoms with Crippen molar-refractivity contribution >= 4 is 5.69 Å². The summed E-state index contributed by atoms with van der Waals surface area (Å²) in [5.74, 6) is -0.409. The highest BCUT2D eigenvalue weighted by Gasteiger charge is 2.10. The number of rotatable bonds is 4. The maximum Gasteiger partial charge on any atom is 0.124 e. The Hall–Kier alpha value is -2.35. The van der Waals surface area contributed by atoms with Gasteiger partial charge < -0.3 is 5.32 Å². The summed E-state index contributed by atoms with van der Waals surface area (Å²) in [6.45, 7) is 4.80. The number of benzene rings is 1. The molecule has 1 atom stereocenters. The third kappa shape index (κ3) is 2.91. The molecule has 1 heterocycles. The second-order valence-electron chi connectivity index (χ2n) is 4.30. The summed E-state index contributed by atoms with van der Waals surface area (Å²) < 4.78 is 14.9. The molecule has 0 saturated carbocycles. The van der Waals surface area contributed by atoms with Gasteiger partial charge in [-0.2, -0.15) is 10.4 Å². The number of hydrogen-bond acceptors (Lipinski definition) is 3. The van der Waals surface area contributed by atoms with Crippen LogP contribution >= 0.6 is 0 Å². The highest BCUT2D eigenvalue weighted by atomic mass is 19.1. The van der Waals surface area contributed by atoms with E-state index in [1.54, 1.807) is 12.3 Å². The van der Waals surface area contributed by atoms with Crippen LogP contribution in [0.4, 0.5) is 10.1 Å². The fraction of sp³-hybridized carbons (Fsp3) is 0.286.